The van der Waals surface area contributed by atoms with Crippen LogP contribution in [-0.4, -0.2) is 32.6 Å². The summed E-state index contributed by atoms with van der Waals surface area (Å²) in [6.07, 6.45) is 2.48. The van der Waals surface area contributed by atoms with Crippen LogP contribution < -0.4 is 10.5 Å². The number of rotatable bonds is 4. The minimum absolute atomic E-state index is 0.442. The molecule has 0 radical (unpaired) electrons. The lowest BCUT2D eigenvalue weighted by Gasteiger charge is -2.19. The molecule has 6 heteroatoms. The van der Waals surface area contributed by atoms with Crippen molar-refractivity contribution in [2.24, 2.45) is 5.73 Å². The lowest BCUT2D eigenvalue weighted by atomic mass is 10.0. The summed E-state index contributed by atoms with van der Waals surface area (Å²) in [5.41, 5.74) is 7.96. The maximum absolute atomic E-state index is 11.5. The highest BCUT2D eigenvalue weighted by Gasteiger charge is 2.26. The first kappa shape index (κ1) is 14.6. The smallest absolute Gasteiger partial charge is 0.151 e. The van der Waals surface area contributed by atoms with Gasteiger partial charge in [-0.3, -0.25) is 0 Å². The summed E-state index contributed by atoms with van der Waals surface area (Å²) in [4.78, 5) is 0. The van der Waals surface area contributed by atoms with Gasteiger partial charge in [0, 0.05) is 23.7 Å². The van der Waals surface area contributed by atoms with E-state index < -0.39 is 21.1 Å². The fourth-order valence-electron chi connectivity index (χ4n) is 2.24. The van der Waals surface area contributed by atoms with Crippen molar-refractivity contribution < 1.29 is 13.2 Å². The summed E-state index contributed by atoms with van der Waals surface area (Å²) in [7, 11) is -3.15. The molecule has 1 aliphatic heterocycles. The Kier molecular flexibility index (Phi) is 4.08. The van der Waals surface area contributed by atoms with E-state index in [0.717, 1.165) is 23.3 Å². The van der Waals surface area contributed by atoms with Gasteiger partial charge < -0.3 is 10.5 Å². The molecule has 0 fully saturated rings. The molecule has 1 aromatic rings. The van der Waals surface area contributed by atoms with Crippen molar-refractivity contribution in [2.45, 2.75) is 31.1 Å². The molecule has 19 heavy (non-hydrogen) atoms. The van der Waals surface area contributed by atoms with Crippen molar-refractivity contribution >= 4 is 21.4 Å². The van der Waals surface area contributed by atoms with Crippen LogP contribution in [0.5, 0.6) is 5.75 Å². The highest BCUT2D eigenvalue weighted by molar-refractivity contribution is 7.91. The van der Waals surface area contributed by atoms with Crippen molar-refractivity contribution in [3.63, 3.8) is 0 Å². The van der Waals surface area contributed by atoms with Crippen molar-refractivity contribution in [3.8, 4) is 5.75 Å². The zero-order valence-electron chi connectivity index (χ0n) is 11.0. The molecule has 0 saturated heterocycles. The second kappa shape index (κ2) is 5.31. The molecule has 2 N–H and O–H groups in total. The van der Waals surface area contributed by atoms with Gasteiger partial charge in [0.2, 0.25) is 0 Å². The van der Waals surface area contributed by atoms with Gasteiger partial charge in [-0.2, -0.15) is 0 Å². The fraction of sp³-hybridized carbons (Fsp3) is 0.538. The molecule has 1 aliphatic rings. The lowest BCUT2D eigenvalue weighted by Crippen LogP contribution is -2.39. The molecule has 4 nitrogen and oxygen atoms in total. The molecule has 106 valence electrons. The third-order valence-corrected chi connectivity index (χ3v) is 5.48. The van der Waals surface area contributed by atoms with Gasteiger partial charge >= 0.3 is 0 Å². The molecule has 2 atom stereocenters. The van der Waals surface area contributed by atoms with E-state index in [1.807, 2.05) is 6.07 Å². The van der Waals surface area contributed by atoms with Crippen LogP contribution in [0.25, 0.3) is 0 Å². The highest BCUT2D eigenvalue weighted by Crippen LogP contribution is 2.33. The SMILES string of the molecule is CC(C(N)Cc1cc(Cl)cc2c1OCC2)S(C)(=O)=O. The standard InChI is InChI=1S/C13H18ClNO3S/c1-8(19(2,16)17)12(15)7-10-6-11(14)5-9-3-4-18-13(9)10/h5-6,8,12H,3-4,7,15H2,1-2H3. The van der Waals surface area contributed by atoms with Crippen LogP contribution in [0.1, 0.15) is 18.1 Å². The first-order valence-corrected chi connectivity index (χ1v) is 8.51. The lowest BCUT2D eigenvalue weighted by molar-refractivity contribution is 0.352. The predicted octanol–water partition coefficient (Wildman–Crippen LogP) is 1.58. The Morgan fingerprint density at radius 1 is 1.47 bits per heavy atom. The molecule has 0 aliphatic carbocycles. The minimum atomic E-state index is -3.15. The van der Waals surface area contributed by atoms with Crippen molar-refractivity contribution in [2.75, 3.05) is 12.9 Å². The number of hydrogen-bond donors (Lipinski definition) is 1. The van der Waals surface area contributed by atoms with Crippen LogP contribution in [0.3, 0.4) is 0 Å². The molecule has 1 aromatic carbocycles. The average molecular weight is 304 g/mol. The maximum Gasteiger partial charge on any atom is 0.151 e. The molecule has 2 rings (SSSR count). The Bertz CT molecular complexity index is 586. The number of hydrogen-bond acceptors (Lipinski definition) is 4. The van der Waals surface area contributed by atoms with E-state index >= 15 is 0 Å². The summed E-state index contributed by atoms with van der Waals surface area (Å²) in [6.45, 7) is 2.27. The van der Waals surface area contributed by atoms with E-state index in [2.05, 4.69) is 0 Å². The van der Waals surface area contributed by atoms with E-state index in [1.54, 1.807) is 13.0 Å². The zero-order chi connectivity index (χ0) is 14.2. The summed E-state index contributed by atoms with van der Waals surface area (Å²) in [5, 5.41) is 0.0435. The Balaban J connectivity index is 2.25. The van der Waals surface area contributed by atoms with E-state index in [-0.39, 0.29) is 0 Å². The maximum atomic E-state index is 11.5. The summed E-state index contributed by atoms with van der Waals surface area (Å²) in [5.74, 6) is 0.820. The molecule has 0 bridgehead atoms. The number of fused-ring (bicyclic) bond motifs is 1. The van der Waals surface area contributed by atoms with E-state index in [1.165, 1.54) is 6.26 Å². The van der Waals surface area contributed by atoms with Gasteiger partial charge in [-0.05, 0) is 36.6 Å². The monoisotopic (exact) mass is 303 g/mol. The van der Waals surface area contributed by atoms with E-state index in [0.29, 0.717) is 18.1 Å². The number of benzene rings is 1. The third-order valence-electron chi connectivity index (χ3n) is 3.56. The third kappa shape index (κ3) is 3.22. The minimum Gasteiger partial charge on any atom is -0.493 e. The molecule has 0 amide bonds. The van der Waals surface area contributed by atoms with Gasteiger partial charge in [0.25, 0.3) is 0 Å². The van der Waals surface area contributed by atoms with Crippen LogP contribution >= 0.6 is 11.6 Å². The second-order valence-electron chi connectivity index (χ2n) is 5.05. The molecular formula is C13H18ClNO3S. The van der Waals surface area contributed by atoms with Gasteiger partial charge in [0.15, 0.2) is 9.84 Å². The van der Waals surface area contributed by atoms with Crippen LogP contribution in [0.4, 0.5) is 0 Å². The van der Waals surface area contributed by atoms with Gasteiger partial charge in [0.1, 0.15) is 5.75 Å². The van der Waals surface area contributed by atoms with Crippen molar-refractivity contribution in [3.05, 3.63) is 28.3 Å². The van der Waals surface area contributed by atoms with E-state index in [9.17, 15) is 8.42 Å². The van der Waals surface area contributed by atoms with Crippen LogP contribution in [0, 0.1) is 0 Å². The number of ether oxygens (including phenoxy) is 1. The normalized spacial score (nSPS) is 17.7. The Hall–Kier alpha value is -0.780. The molecule has 1 heterocycles. The predicted molar refractivity (Wildman–Crippen MR) is 76.6 cm³/mol. The Morgan fingerprint density at radius 2 is 2.16 bits per heavy atom. The topological polar surface area (TPSA) is 69.4 Å². The molecule has 0 aromatic heterocycles. The highest BCUT2D eigenvalue weighted by atomic mass is 35.5. The van der Waals surface area contributed by atoms with Crippen molar-refractivity contribution in [1.82, 2.24) is 0 Å². The Labute approximate surface area is 118 Å². The first-order chi connectivity index (χ1) is 8.79. The molecule has 2 unspecified atom stereocenters. The summed E-state index contributed by atoms with van der Waals surface area (Å²) >= 11 is 6.07. The van der Waals surface area contributed by atoms with Crippen LogP contribution in [0.2, 0.25) is 5.02 Å². The Morgan fingerprint density at radius 3 is 2.79 bits per heavy atom. The fourth-order valence-corrected chi connectivity index (χ4v) is 3.23. The van der Waals surface area contributed by atoms with Crippen LogP contribution in [0.15, 0.2) is 12.1 Å². The van der Waals surface area contributed by atoms with Crippen LogP contribution in [-0.2, 0) is 22.7 Å². The zero-order valence-corrected chi connectivity index (χ0v) is 12.6. The van der Waals surface area contributed by atoms with Gasteiger partial charge in [0.05, 0.1) is 11.9 Å². The van der Waals surface area contributed by atoms with Gasteiger partial charge in [-0.1, -0.05) is 11.6 Å². The van der Waals surface area contributed by atoms with Gasteiger partial charge in [-0.25, -0.2) is 8.42 Å². The van der Waals surface area contributed by atoms with E-state index in [4.69, 9.17) is 22.1 Å². The van der Waals surface area contributed by atoms with Crippen molar-refractivity contribution in [1.29, 1.82) is 0 Å². The quantitative estimate of drug-likeness (QED) is 0.917. The average Bonchev–Trinajstić information content (AvgIpc) is 2.74. The largest absolute Gasteiger partial charge is 0.493 e. The summed E-state index contributed by atoms with van der Waals surface area (Å²) in [6, 6.07) is 3.22. The number of halogens is 1. The molecular weight excluding hydrogens is 286 g/mol. The first-order valence-electron chi connectivity index (χ1n) is 6.17. The second-order valence-corrected chi connectivity index (χ2v) is 7.89. The summed E-state index contributed by atoms with van der Waals surface area (Å²) < 4.78 is 28.6. The molecule has 0 spiro atoms. The number of sulfone groups is 1. The molecule has 0 saturated carbocycles. The number of nitrogens with two attached hydrogens (primary N) is 1. The van der Waals surface area contributed by atoms with Gasteiger partial charge in [-0.15, -0.1) is 0 Å².